The van der Waals surface area contributed by atoms with E-state index in [4.69, 9.17) is 4.74 Å². The highest BCUT2D eigenvalue weighted by Crippen LogP contribution is 2.24. The summed E-state index contributed by atoms with van der Waals surface area (Å²) in [4.78, 5) is 14.3. The number of nitrogens with zero attached hydrogens (tertiary/aromatic N) is 1. The van der Waals surface area contributed by atoms with Crippen molar-refractivity contribution in [2.45, 2.75) is 46.1 Å². The van der Waals surface area contributed by atoms with Gasteiger partial charge in [-0.05, 0) is 44.7 Å². The molecule has 4 heteroatoms. The van der Waals surface area contributed by atoms with Gasteiger partial charge in [0.2, 0.25) is 5.91 Å². The van der Waals surface area contributed by atoms with Gasteiger partial charge in [-0.15, -0.1) is 0 Å². The molecule has 1 unspecified atom stereocenters. The second kappa shape index (κ2) is 8.06. The number of carbonyl (C=O) groups is 1. The molecule has 1 aromatic rings. The number of hydrogen-bond donors (Lipinski definition) is 1. The molecule has 1 fully saturated rings. The van der Waals surface area contributed by atoms with Gasteiger partial charge in [-0.25, -0.2) is 0 Å². The van der Waals surface area contributed by atoms with E-state index in [-0.39, 0.29) is 12.0 Å². The number of ether oxygens (including phenoxy) is 1. The lowest BCUT2D eigenvalue weighted by molar-refractivity contribution is -0.132. The van der Waals surface area contributed by atoms with Gasteiger partial charge in [0.05, 0.1) is 11.8 Å². The van der Waals surface area contributed by atoms with Crippen molar-refractivity contribution in [3.05, 3.63) is 24.3 Å². The van der Waals surface area contributed by atoms with E-state index in [9.17, 15) is 4.79 Å². The molecule has 0 radical (unpaired) electrons. The van der Waals surface area contributed by atoms with Crippen molar-refractivity contribution >= 4 is 11.6 Å². The van der Waals surface area contributed by atoms with Crippen molar-refractivity contribution in [2.75, 3.05) is 25.0 Å². The zero-order chi connectivity index (χ0) is 15.9. The standard InChI is InChI=1S/C18H28N2O2/c1-14(2)22-17-9-5-4-8-16(17)19-11-10-18(21)20-12-6-7-15(3)13-20/h4-5,8-9,14-15,19H,6-7,10-13H2,1-3H3. The predicted octanol–water partition coefficient (Wildman–Crippen LogP) is 3.53. The molecule has 0 aliphatic carbocycles. The summed E-state index contributed by atoms with van der Waals surface area (Å²) in [5.41, 5.74) is 0.955. The maximum absolute atomic E-state index is 12.3. The second-order valence-electron chi connectivity index (χ2n) is 6.43. The van der Waals surface area contributed by atoms with Crippen molar-refractivity contribution in [1.82, 2.24) is 4.90 Å². The quantitative estimate of drug-likeness (QED) is 0.874. The van der Waals surface area contributed by atoms with E-state index in [1.165, 1.54) is 6.42 Å². The molecule has 0 saturated carbocycles. The first kappa shape index (κ1) is 16.7. The Kier molecular flexibility index (Phi) is 6.10. The molecule has 2 rings (SSSR count). The van der Waals surface area contributed by atoms with E-state index in [1.807, 2.05) is 43.0 Å². The molecule has 1 amide bonds. The summed E-state index contributed by atoms with van der Waals surface area (Å²) in [6.07, 6.45) is 3.04. The Labute approximate surface area is 133 Å². The minimum atomic E-state index is 0.138. The summed E-state index contributed by atoms with van der Waals surface area (Å²) in [5, 5.41) is 3.33. The highest BCUT2D eigenvalue weighted by atomic mass is 16.5. The lowest BCUT2D eigenvalue weighted by atomic mass is 10.00. The topological polar surface area (TPSA) is 41.6 Å². The van der Waals surface area contributed by atoms with Crippen LogP contribution in [0.5, 0.6) is 5.75 Å². The SMILES string of the molecule is CC1CCCN(C(=O)CCNc2ccccc2OC(C)C)C1. The zero-order valence-electron chi connectivity index (χ0n) is 14.0. The molecule has 122 valence electrons. The summed E-state index contributed by atoms with van der Waals surface area (Å²) in [6.45, 7) is 8.71. The Morgan fingerprint density at radius 2 is 2.18 bits per heavy atom. The highest BCUT2D eigenvalue weighted by molar-refractivity contribution is 5.77. The van der Waals surface area contributed by atoms with Gasteiger partial charge in [-0.1, -0.05) is 19.1 Å². The van der Waals surface area contributed by atoms with E-state index in [0.29, 0.717) is 18.9 Å². The van der Waals surface area contributed by atoms with Crippen molar-refractivity contribution in [2.24, 2.45) is 5.92 Å². The molecule has 0 bridgehead atoms. The van der Waals surface area contributed by atoms with Crippen molar-refractivity contribution in [1.29, 1.82) is 0 Å². The molecule has 22 heavy (non-hydrogen) atoms. The van der Waals surface area contributed by atoms with Crippen LogP contribution >= 0.6 is 0 Å². The fourth-order valence-electron chi connectivity index (χ4n) is 2.85. The molecule has 1 aromatic carbocycles. The summed E-state index contributed by atoms with van der Waals surface area (Å²) in [6, 6.07) is 7.88. The van der Waals surface area contributed by atoms with Crippen LogP contribution in [0.3, 0.4) is 0 Å². The van der Waals surface area contributed by atoms with Crippen LogP contribution in [0.25, 0.3) is 0 Å². The average Bonchev–Trinajstić information content (AvgIpc) is 2.48. The van der Waals surface area contributed by atoms with Crippen LogP contribution in [-0.4, -0.2) is 36.5 Å². The van der Waals surface area contributed by atoms with Crippen LogP contribution in [0.15, 0.2) is 24.3 Å². The number of para-hydroxylation sites is 2. The Bertz CT molecular complexity index is 488. The molecular formula is C18H28N2O2. The first-order valence-electron chi connectivity index (χ1n) is 8.33. The first-order valence-corrected chi connectivity index (χ1v) is 8.33. The molecule has 1 aliphatic rings. The molecule has 0 aromatic heterocycles. The number of carbonyl (C=O) groups excluding carboxylic acids is 1. The van der Waals surface area contributed by atoms with Crippen LogP contribution < -0.4 is 10.1 Å². The number of anilines is 1. The van der Waals surface area contributed by atoms with Gasteiger partial charge >= 0.3 is 0 Å². The average molecular weight is 304 g/mol. The lowest BCUT2D eigenvalue weighted by Crippen LogP contribution is -2.39. The molecular weight excluding hydrogens is 276 g/mol. The Morgan fingerprint density at radius 3 is 2.91 bits per heavy atom. The fraction of sp³-hybridized carbons (Fsp3) is 0.611. The summed E-state index contributed by atoms with van der Waals surface area (Å²) in [7, 11) is 0. The van der Waals surface area contributed by atoms with Gasteiger partial charge in [0.15, 0.2) is 0 Å². The maximum Gasteiger partial charge on any atom is 0.224 e. The number of rotatable bonds is 6. The van der Waals surface area contributed by atoms with Gasteiger partial charge in [-0.3, -0.25) is 4.79 Å². The van der Waals surface area contributed by atoms with Crippen molar-refractivity contribution < 1.29 is 9.53 Å². The van der Waals surface area contributed by atoms with Crippen LogP contribution in [0.1, 0.15) is 40.0 Å². The monoisotopic (exact) mass is 304 g/mol. The maximum atomic E-state index is 12.3. The van der Waals surface area contributed by atoms with E-state index in [1.54, 1.807) is 0 Å². The minimum absolute atomic E-state index is 0.138. The summed E-state index contributed by atoms with van der Waals surface area (Å²) < 4.78 is 5.78. The molecule has 1 N–H and O–H groups in total. The number of piperidine rings is 1. The van der Waals surface area contributed by atoms with Crippen LogP contribution in [-0.2, 0) is 4.79 Å². The molecule has 1 saturated heterocycles. The van der Waals surface area contributed by atoms with Gasteiger partial charge in [-0.2, -0.15) is 0 Å². The fourth-order valence-corrected chi connectivity index (χ4v) is 2.85. The molecule has 1 heterocycles. The molecule has 4 nitrogen and oxygen atoms in total. The van der Waals surface area contributed by atoms with E-state index < -0.39 is 0 Å². The van der Waals surface area contributed by atoms with Crippen LogP contribution in [0.2, 0.25) is 0 Å². The van der Waals surface area contributed by atoms with Gasteiger partial charge in [0.25, 0.3) is 0 Å². The van der Waals surface area contributed by atoms with Crippen molar-refractivity contribution in [3.8, 4) is 5.75 Å². The number of amides is 1. The smallest absolute Gasteiger partial charge is 0.224 e. The zero-order valence-corrected chi connectivity index (χ0v) is 14.0. The largest absolute Gasteiger partial charge is 0.489 e. The molecule has 0 spiro atoms. The third-order valence-corrected chi connectivity index (χ3v) is 3.91. The third kappa shape index (κ3) is 4.93. The molecule has 1 aliphatic heterocycles. The Balaban J connectivity index is 1.82. The van der Waals surface area contributed by atoms with Gasteiger partial charge < -0.3 is 15.0 Å². The van der Waals surface area contributed by atoms with E-state index in [2.05, 4.69) is 12.2 Å². The Morgan fingerprint density at radius 1 is 1.41 bits per heavy atom. The van der Waals surface area contributed by atoms with E-state index >= 15 is 0 Å². The predicted molar refractivity (Wildman–Crippen MR) is 90.3 cm³/mol. The minimum Gasteiger partial charge on any atom is -0.489 e. The number of benzene rings is 1. The first-order chi connectivity index (χ1) is 10.6. The lowest BCUT2D eigenvalue weighted by Gasteiger charge is -2.31. The van der Waals surface area contributed by atoms with Crippen LogP contribution in [0.4, 0.5) is 5.69 Å². The number of likely N-dealkylation sites (tertiary alicyclic amines) is 1. The van der Waals surface area contributed by atoms with Gasteiger partial charge in [0, 0.05) is 26.1 Å². The van der Waals surface area contributed by atoms with Gasteiger partial charge in [0.1, 0.15) is 5.75 Å². The molecule has 1 atom stereocenters. The van der Waals surface area contributed by atoms with E-state index in [0.717, 1.165) is 30.9 Å². The number of hydrogen-bond acceptors (Lipinski definition) is 3. The summed E-state index contributed by atoms with van der Waals surface area (Å²) >= 11 is 0. The Hall–Kier alpha value is -1.71. The second-order valence-corrected chi connectivity index (χ2v) is 6.43. The summed E-state index contributed by atoms with van der Waals surface area (Å²) in [5.74, 6) is 1.73. The van der Waals surface area contributed by atoms with Crippen LogP contribution in [0, 0.1) is 5.92 Å². The highest BCUT2D eigenvalue weighted by Gasteiger charge is 2.20. The normalized spacial score (nSPS) is 18.4. The number of nitrogens with one attached hydrogen (secondary N) is 1. The van der Waals surface area contributed by atoms with Crippen molar-refractivity contribution in [3.63, 3.8) is 0 Å². The third-order valence-electron chi connectivity index (χ3n) is 3.91.